The van der Waals surface area contributed by atoms with Gasteiger partial charge < -0.3 is 9.47 Å². The molecule has 2 aliphatic heterocycles. The van der Waals surface area contributed by atoms with Gasteiger partial charge in [-0.1, -0.05) is 65.7 Å². The van der Waals surface area contributed by atoms with Gasteiger partial charge in [-0.15, -0.1) is 0 Å². The molecule has 1 spiro atoms. The Morgan fingerprint density at radius 3 is 2.19 bits per heavy atom. The molecule has 2 heterocycles. The van der Waals surface area contributed by atoms with E-state index >= 15 is 0 Å². The molecule has 2 fully saturated rings. The molecule has 0 aromatic heterocycles. The first-order valence-electron chi connectivity index (χ1n) is 11.1. The molecule has 9 heteroatoms. The van der Waals surface area contributed by atoms with Gasteiger partial charge in [0.2, 0.25) is 29.0 Å². The van der Waals surface area contributed by atoms with Crippen molar-refractivity contribution in [1.29, 1.82) is 0 Å². The van der Waals surface area contributed by atoms with Crippen molar-refractivity contribution in [2.24, 2.45) is 11.8 Å². The highest BCUT2D eigenvalue weighted by Gasteiger charge is 2.75. The molecule has 0 radical (unpaired) electrons. The summed E-state index contributed by atoms with van der Waals surface area (Å²) in [5.41, 5.74) is -1.30. The van der Waals surface area contributed by atoms with Gasteiger partial charge in [0, 0.05) is 22.8 Å². The Bertz CT molecular complexity index is 1470. The Hall–Kier alpha value is -3.52. The van der Waals surface area contributed by atoms with E-state index in [9.17, 15) is 19.2 Å². The minimum Gasteiger partial charge on any atom is -0.497 e. The predicted octanol–water partition coefficient (Wildman–Crippen LogP) is 4.70. The van der Waals surface area contributed by atoms with E-state index in [1.54, 1.807) is 54.6 Å². The van der Waals surface area contributed by atoms with Gasteiger partial charge in [0.25, 0.3) is 0 Å². The molecule has 3 aromatic rings. The summed E-state index contributed by atoms with van der Waals surface area (Å²) in [7, 11) is 1.47. The molecule has 0 N–H and O–H groups in total. The van der Waals surface area contributed by atoms with Crippen LogP contribution < -0.4 is 9.64 Å². The number of carbonyl (C=O) groups excluding carboxylic acids is 4. The first-order valence-corrected chi connectivity index (χ1v) is 11.9. The van der Waals surface area contributed by atoms with E-state index in [-0.39, 0.29) is 26.9 Å². The largest absolute Gasteiger partial charge is 0.497 e. The number of hydrogen-bond acceptors (Lipinski definition) is 6. The third-order valence-electron chi connectivity index (χ3n) is 7.12. The molecule has 36 heavy (non-hydrogen) atoms. The van der Waals surface area contributed by atoms with Gasteiger partial charge in [0.05, 0.1) is 40.8 Å². The number of imide groups is 1. The highest BCUT2D eigenvalue weighted by Crippen LogP contribution is 2.58. The summed E-state index contributed by atoms with van der Waals surface area (Å²) in [6.45, 7) is 0. The number of hydrogen-bond donors (Lipinski definition) is 0. The minimum atomic E-state index is -2.19. The highest BCUT2D eigenvalue weighted by molar-refractivity contribution is 6.42. The fourth-order valence-corrected chi connectivity index (χ4v) is 5.96. The molecule has 180 valence electrons. The average molecular weight is 522 g/mol. The Labute approximate surface area is 215 Å². The van der Waals surface area contributed by atoms with Crippen LogP contribution in [-0.2, 0) is 14.3 Å². The lowest BCUT2D eigenvalue weighted by Crippen LogP contribution is -2.51. The molecule has 0 saturated carbocycles. The molecular weight excluding hydrogens is 505 g/mol. The van der Waals surface area contributed by atoms with Crippen molar-refractivity contribution >= 4 is 52.3 Å². The van der Waals surface area contributed by atoms with E-state index in [2.05, 4.69) is 0 Å². The lowest BCUT2D eigenvalue weighted by molar-refractivity contribution is -0.127. The van der Waals surface area contributed by atoms with E-state index in [0.29, 0.717) is 11.3 Å². The summed E-state index contributed by atoms with van der Waals surface area (Å²) in [6.07, 6.45) is -1.16. The smallest absolute Gasteiger partial charge is 0.241 e. The molecule has 0 bridgehead atoms. The Kier molecular flexibility index (Phi) is 5.09. The standard InChI is InChI=1S/C27H17Cl2NO6/c1-35-14-7-4-6-13(12-14)30-25(33)19-20(26(30)34)27(23(31)15-8-2-3-9-16(15)24(27)32)36-22(19)17-10-5-11-18(28)21(17)29/h2-12,19-20,22H,1H3/t19-,20+,22+/m0/s1. The van der Waals surface area contributed by atoms with Crippen molar-refractivity contribution in [3.8, 4) is 5.75 Å². The zero-order valence-corrected chi connectivity index (χ0v) is 20.2. The number of anilines is 1. The van der Waals surface area contributed by atoms with Crippen LogP contribution in [0.2, 0.25) is 10.0 Å². The van der Waals surface area contributed by atoms with E-state index < -0.39 is 46.9 Å². The van der Waals surface area contributed by atoms with Crippen LogP contribution in [0.25, 0.3) is 0 Å². The molecule has 2 amide bonds. The van der Waals surface area contributed by atoms with Crippen LogP contribution in [-0.4, -0.2) is 36.1 Å². The van der Waals surface area contributed by atoms with Gasteiger partial charge >= 0.3 is 0 Å². The first-order chi connectivity index (χ1) is 17.3. The van der Waals surface area contributed by atoms with Gasteiger partial charge in [-0.25, -0.2) is 4.90 Å². The number of fused-ring (bicyclic) bond motifs is 3. The van der Waals surface area contributed by atoms with Crippen LogP contribution in [0.15, 0.2) is 66.7 Å². The molecule has 0 unspecified atom stereocenters. The first kappa shape index (κ1) is 22.9. The number of nitrogens with zero attached hydrogens (tertiary/aromatic N) is 1. The van der Waals surface area contributed by atoms with Crippen LogP contribution in [0.3, 0.4) is 0 Å². The zero-order valence-electron chi connectivity index (χ0n) is 18.7. The molecule has 3 aromatic carbocycles. The van der Waals surface area contributed by atoms with Gasteiger partial charge in [-0.05, 0) is 18.2 Å². The predicted molar refractivity (Wildman–Crippen MR) is 131 cm³/mol. The van der Waals surface area contributed by atoms with E-state index in [0.717, 1.165) is 4.90 Å². The number of Topliss-reactive ketones (excluding diaryl/α,β-unsaturated/α-hetero) is 2. The summed E-state index contributed by atoms with van der Waals surface area (Å²) in [5.74, 6) is -4.72. The third kappa shape index (κ3) is 2.85. The minimum absolute atomic E-state index is 0.121. The topological polar surface area (TPSA) is 90.0 Å². The lowest BCUT2D eigenvalue weighted by atomic mass is 9.77. The number of rotatable bonds is 3. The second-order valence-electron chi connectivity index (χ2n) is 8.84. The second kappa shape index (κ2) is 8.00. The number of ether oxygens (including phenoxy) is 2. The number of carbonyl (C=O) groups is 4. The molecule has 3 aliphatic rings. The van der Waals surface area contributed by atoms with E-state index in [1.807, 2.05) is 0 Å². The van der Waals surface area contributed by atoms with Gasteiger partial charge in [0.1, 0.15) is 5.75 Å². The Morgan fingerprint density at radius 1 is 0.861 bits per heavy atom. The quantitative estimate of drug-likeness (QED) is 0.366. The summed E-state index contributed by atoms with van der Waals surface area (Å²) in [5, 5.41) is 0.333. The van der Waals surface area contributed by atoms with Crippen LogP contribution in [0.5, 0.6) is 5.75 Å². The fraction of sp³-hybridized carbons (Fsp3) is 0.185. The summed E-state index contributed by atoms with van der Waals surface area (Å²) < 4.78 is 11.5. The monoisotopic (exact) mass is 521 g/mol. The maximum absolute atomic E-state index is 14.0. The molecule has 3 atom stereocenters. The van der Waals surface area contributed by atoms with Crippen LogP contribution in [0.1, 0.15) is 32.4 Å². The Morgan fingerprint density at radius 2 is 1.53 bits per heavy atom. The summed E-state index contributed by atoms with van der Waals surface area (Å²) in [4.78, 5) is 56.4. The average Bonchev–Trinajstić information content (AvgIpc) is 3.45. The van der Waals surface area contributed by atoms with Crippen molar-refractivity contribution in [2.75, 3.05) is 12.0 Å². The SMILES string of the molecule is COc1cccc(N2C(=O)[C@@H]3[C@@H](c4cccc(Cl)c4Cl)OC4(C(=O)c5ccccc5C4=O)[C@H]3C2=O)c1. The molecule has 6 rings (SSSR count). The van der Waals surface area contributed by atoms with Gasteiger partial charge in [-0.3, -0.25) is 19.2 Å². The fourth-order valence-electron chi connectivity index (χ4n) is 5.54. The van der Waals surface area contributed by atoms with Crippen LogP contribution >= 0.6 is 23.2 Å². The second-order valence-corrected chi connectivity index (χ2v) is 9.62. The van der Waals surface area contributed by atoms with Gasteiger partial charge in [0.15, 0.2) is 0 Å². The third-order valence-corrected chi connectivity index (χ3v) is 7.95. The lowest BCUT2D eigenvalue weighted by Gasteiger charge is -2.27. The van der Waals surface area contributed by atoms with Crippen molar-refractivity contribution in [2.45, 2.75) is 11.7 Å². The molecule has 2 saturated heterocycles. The molecular formula is C27H17Cl2NO6. The van der Waals surface area contributed by atoms with Crippen LogP contribution in [0.4, 0.5) is 5.69 Å². The highest BCUT2D eigenvalue weighted by atomic mass is 35.5. The van der Waals surface area contributed by atoms with Crippen molar-refractivity contribution < 1.29 is 28.7 Å². The number of ketones is 2. The zero-order chi connectivity index (χ0) is 25.4. The molecule has 1 aliphatic carbocycles. The maximum atomic E-state index is 14.0. The number of amides is 2. The number of halogens is 2. The van der Waals surface area contributed by atoms with Crippen LogP contribution in [0, 0.1) is 11.8 Å². The van der Waals surface area contributed by atoms with Gasteiger partial charge in [-0.2, -0.15) is 0 Å². The molecule has 7 nitrogen and oxygen atoms in total. The van der Waals surface area contributed by atoms with E-state index in [4.69, 9.17) is 32.7 Å². The maximum Gasteiger partial charge on any atom is 0.241 e. The van der Waals surface area contributed by atoms with Crippen molar-refractivity contribution in [3.05, 3.63) is 93.5 Å². The van der Waals surface area contributed by atoms with Crippen molar-refractivity contribution in [1.82, 2.24) is 0 Å². The normalized spacial score (nSPS) is 24.0. The number of benzene rings is 3. The van der Waals surface area contributed by atoms with E-state index in [1.165, 1.54) is 19.2 Å². The Balaban J connectivity index is 1.56. The summed E-state index contributed by atoms with van der Waals surface area (Å²) >= 11 is 12.7. The number of methoxy groups -OCH3 is 1. The summed E-state index contributed by atoms with van der Waals surface area (Å²) in [6, 6.07) is 17.5. The van der Waals surface area contributed by atoms with Crippen molar-refractivity contribution in [3.63, 3.8) is 0 Å².